The van der Waals surface area contributed by atoms with Crippen LogP contribution >= 0.6 is 0 Å². The summed E-state index contributed by atoms with van der Waals surface area (Å²) in [5.41, 5.74) is 0. The molecule has 0 aromatic rings. The largest absolute Gasteiger partial charge is 0.285 e. The molecule has 0 fully saturated rings. The molecule has 0 radical (unpaired) electrons. The minimum atomic E-state index is 0.481. The van der Waals surface area contributed by atoms with E-state index in [2.05, 4.69) is 24.9 Å². The van der Waals surface area contributed by atoms with Gasteiger partial charge in [-0.2, -0.15) is 0 Å². The highest BCUT2D eigenvalue weighted by atomic mass is 14.8. The van der Waals surface area contributed by atoms with E-state index in [1.807, 2.05) is 12.3 Å². The van der Waals surface area contributed by atoms with Crippen molar-refractivity contribution in [3.63, 3.8) is 0 Å². The monoisotopic (exact) mass is 137 g/mol. The summed E-state index contributed by atoms with van der Waals surface area (Å²) in [6.07, 6.45) is 8.62. The Labute approximate surface area is 62.9 Å². The molecule has 0 aromatic carbocycles. The van der Waals surface area contributed by atoms with Crippen LogP contribution in [0, 0.1) is 5.92 Å². The van der Waals surface area contributed by atoms with Crippen LogP contribution < -0.4 is 0 Å². The van der Waals surface area contributed by atoms with Gasteiger partial charge in [-0.25, -0.2) is 0 Å². The molecule has 1 heterocycles. The number of nitrogens with zero attached hydrogens (tertiary/aromatic N) is 1. The van der Waals surface area contributed by atoms with Gasteiger partial charge in [-0.15, -0.1) is 0 Å². The molecule has 1 heteroatoms. The van der Waals surface area contributed by atoms with E-state index in [4.69, 9.17) is 0 Å². The van der Waals surface area contributed by atoms with Crippen molar-refractivity contribution < 1.29 is 0 Å². The van der Waals surface area contributed by atoms with Gasteiger partial charge in [-0.1, -0.05) is 32.8 Å². The molecule has 0 saturated carbocycles. The Morgan fingerprint density at radius 3 is 2.50 bits per heavy atom. The first-order valence-electron chi connectivity index (χ1n) is 4.08. The molecule has 0 amide bonds. The summed E-state index contributed by atoms with van der Waals surface area (Å²) in [6, 6.07) is 0.481. The van der Waals surface area contributed by atoms with Crippen molar-refractivity contribution in [1.29, 1.82) is 0 Å². The quantitative estimate of drug-likeness (QED) is 0.566. The maximum atomic E-state index is 4.34. The van der Waals surface area contributed by atoms with Crippen molar-refractivity contribution in [3.8, 4) is 0 Å². The third-order valence-corrected chi connectivity index (χ3v) is 2.18. The van der Waals surface area contributed by atoms with Crippen molar-refractivity contribution in [2.24, 2.45) is 10.9 Å². The lowest BCUT2D eigenvalue weighted by Crippen LogP contribution is -2.12. The maximum Gasteiger partial charge on any atom is 0.0711 e. The lowest BCUT2D eigenvalue weighted by atomic mass is 9.95. The molecule has 0 saturated heterocycles. The van der Waals surface area contributed by atoms with Crippen molar-refractivity contribution in [2.75, 3.05) is 0 Å². The molecule has 0 spiro atoms. The Hall–Kier alpha value is -0.590. The summed E-state index contributed by atoms with van der Waals surface area (Å²) in [4.78, 5) is 4.34. The molecule has 10 heavy (non-hydrogen) atoms. The van der Waals surface area contributed by atoms with Crippen LogP contribution in [0.4, 0.5) is 0 Å². The van der Waals surface area contributed by atoms with Crippen LogP contribution in [0.5, 0.6) is 0 Å². The van der Waals surface area contributed by atoms with Crippen molar-refractivity contribution in [2.45, 2.75) is 32.7 Å². The highest BCUT2D eigenvalue weighted by Crippen LogP contribution is 2.18. The Morgan fingerprint density at radius 2 is 2.10 bits per heavy atom. The van der Waals surface area contributed by atoms with Gasteiger partial charge in [0, 0.05) is 6.21 Å². The molecule has 1 unspecified atom stereocenters. The third-order valence-electron chi connectivity index (χ3n) is 2.18. The zero-order chi connectivity index (χ0) is 7.40. The number of hydrogen-bond donors (Lipinski definition) is 0. The average Bonchev–Trinajstić information content (AvgIpc) is 2.43. The summed E-state index contributed by atoms with van der Waals surface area (Å²) in [7, 11) is 0. The highest BCUT2D eigenvalue weighted by molar-refractivity contribution is 5.74. The fraction of sp³-hybridized carbons (Fsp3) is 0.667. The summed E-state index contributed by atoms with van der Waals surface area (Å²) >= 11 is 0. The van der Waals surface area contributed by atoms with Crippen LogP contribution in [0.15, 0.2) is 17.1 Å². The molecule has 1 atom stereocenters. The van der Waals surface area contributed by atoms with Crippen LogP contribution in [-0.2, 0) is 0 Å². The summed E-state index contributed by atoms with van der Waals surface area (Å²) in [6.45, 7) is 4.46. The molecule has 56 valence electrons. The zero-order valence-corrected chi connectivity index (χ0v) is 6.75. The van der Waals surface area contributed by atoms with Gasteiger partial charge in [0.15, 0.2) is 0 Å². The lowest BCUT2D eigenvalue weighted by molar-refractivity contribution is 0.450. The molecule has 1 rings (SSSR count). The van der Waals surface area contributed by atoms with Crippen molar-refractivity contribution in [3.05, 3.63) is 12.2 Å². The number of allylic oxidation sites excluding steroid dienone is 1. The molecule has 1 aliphatic heterocycles. The summed E-state index contributed by atoms with van der Waals surface area (Å²) in [5, 5.41) is 0. The first kappa shape index (κ1) is 7.52. The van der Waals surface area contributed by atoms with E-state index in [0.29, 0.717) is 6.04 Å². The average molecular weight is 137 g/mol. The predicted molar refractivity (Wildman–Crippen MR) is 45.5 cm³/mol. The molecule has 0 aromatic heterocycles. The molecule has 0 bridgehead atoms. The number of aliphatic imine (C=N–C) groups is 1. The van der Waals surface area contributed by atoms with E-state index in [0.717, 1.165) is 5.92 Å². The standard InChI is InChI=1S/C9H15N/c1-3-8(4-2)9-6-5-7-10-9/h5-9H,3-4H2,1-2H3. The molecular weight excluding hydrogens is 122 g/mol. The van der Waals surface area contributed by atoms with Crippen LogP contribution in [0.2, 0.25) is 0 Å². The van der Waals surface area contributed by atoms with Crippen molar-refractivity contribution in [1.82, 2.24) is 0 Å². The summed E-state index contributed by atoms with van der Waals surface area (Å²) in [5.74, 6) is 0.759. The smallest absolute Gasteiger partial charge is 0.0711 e. The van der Waals surface area contributed by atoms with Gasteiger partial charge in [0.25, 0.3) is 0 Å². The predicted octanol–water partition coefficient (Wildman–Crippen LogP) is 2.43. The molecule has 1 nitrogen and oxygen atoms in total. The van der Waals surface area contributed by atoms with Crippen LogP contribution in [0.25, 0.3) is 0 Å². The van der Waals surface area contributed by atoms with Crippen LogP contribution in [0.1, 0.15) is 26.7 Å². The SMILES string of the molecule is CCC(CC)C1C=CC=N1. The van der Waals surface area contributed by atoms with E-state index in [1.165, 1.54) is 12.8 Å². The lowest BCUT2D eigenvalue weighted by Gasteiger charge is -2.15. The molecule has 1 aliphatic rings. The Balaban J connectivity index is 2.45. The number of rotatable bonds is 3. The topological polar surface area (TPSA) is 12.4 Å². The van der Waals surface area contributed by atoms with Gasteiger partial charge < -0.3 is 0 Å². The molecular formula is C9H15N. The maximum absolute atomic E-state index is 4.34. The van der Waals surface area contributed by atoms with Gasteiger partial charge in [-0.05, 0) is 12.0 Å². The van der Waals surface area contributed by atoms with E-state index >= 15 is 0 Å². The molecule has 0 N–H and O–H groups in total. The van der Waals surface area contributed by atoms with E-state index < -0.39 is 0 Å². The third kappa shape index (κ3) is 1.47. The fourth-order valence-corrected chi connectivity index (χ4v) is 1.41. The fourth-order valence-electron chi connectivity index (χ4n) is 1.41. The second-order valence-electron chi connectivity index (χ2n) is 2.75. The van der Waals surface area contributed by atoms with Crippen LogP contribution in [-0.4, -0.2) is 12.3 Å². The van der Waals surface area contributed by atoms with E-state index in [1.54, 1.807) is 0 Å². The van der Waals surface area contributed by atoms with E-state index in [-0.39, 0.29) is 0 Å². The normalized spacial score (nSPS) is 22.9. The van der Waals surface area contributed by atoms with Gasteiger partial charge in [0.1, 0.15) is 0 Å². The first-order valence-corrected chi connectivity index (χ1v) is 4.08. The van der Waals surface area contributed by atoms with Gasteiger partial charge >= 0.3 is 0 Å². The highest BCUT2D eigenvalue weighted by Gasteiger charge is 2.14. The minimum Gasteiger partial charge on any atom is -0.285 e. The van der Waals surface area contributed by atoms with Gasteiger partial charge in [0.2, 0.25) is 0 Å². The van der Waals surface area contributed by atoms with E-state index in [9.17, 15) is 0 Å². The second-order valence-corrected chi connectivity index (χ2v) is 2.75. The van der Waals surface area contributed by atoms with Crippen molar-refractivity contribution >= 4 is 6.21 Å². The molecule has 0 aliphatic carbocycles. The van der Waals surface area contributed by atoms with Gasteiger partial charge in [-0.3, -0.25) is 4.99 Å². The number of hydrogen-bond acceptors (Lipinski definition) is 1. The zero-order valence-electron chi connectivity index (χ0n) is 6.75. The Kier molecular flexibility index (Phi) is 2.67. The first-order chi connectivity index (χ1) is 4.88. The van der Waals surface area contributed by atoms with Gasteiger partial charge in [0.05, 0.1) is 6.04 Å². The summed E-state index contributed by atoms with van der Waals surface area (Å²) < 4.78 is 0. The Bertz CT molecular complexity index is 131. The minimum absolute atomic E-state index is 0.481. The second kappa shape index (κ2) is 3.55. The van der Waals surface area contributed by atoms with Crippen LogP contribution in [0.3, 0.4) is 0 Å². The Morgan fingerprint density at radius 1 is 1.40 bits per heavy atom.